The van der Waals surface area contributed by atoms with Gasteiger partial charge in [0, 0.05) is 25.2 Å². The molecule has 1 atom stereocenters. The van der Waals surface area contributed by atoms with Crippen molar-refractivity contribution in [1.82, 2.24) is 5.32 Å². The van der Waals surface area contributed by atoms with E-state index in [1.165, 1.54) is 24.3 Å². The van der Waals surface area contributed by atoms with Gasteiger partial charge in [0.2, 0.25) is 11.8 Å². The predicted octanol–water partition coefficient (Wildman–Crippen LogP) is 2.37. The lowest BCUT2D eigenvalue weighted by atomic mass is 10.1. The van der Waals surface area contributed by atoms with Gasteiger partial charge in [-0.15, -0.1) is 0 Å². The summed E-state index contributed by atoms with van der Waals surface area (Å²) in [5.74, 6) is -0.925. The van der Waals surface area contributed by atoms with Crippen molar-refractivity contribution in [1.29, 1.82) is 0 Å². The van der Waals surface area contributed by atoms with Gasteiger partial charge in [0.15, 0.2) is 0 Å². The predicted molar refractivity (Wildman–Crippen MR) is 102 cm³/mol. The van der Waals surface area contributed by atoms with Crippen LogP contribution in [0.5, 0.6) is 0 Å². The minimum Gasteiger partial charge on any atom is -0.312 e. The molecule has 1 N–H and O–H groups in total. The Morgan fingerprint density at radius 2 is 1.61 bits per heavy atom. The minimum absolute atomic E-state index is 0.0660. The van der Waals surface area contributed by atoms with Crippen molar-refractivity contribution >= 4 is 29.1 Å². The summed E-state index contributed by atoms with van der Waals surface area (Å²) in [6, 6.07) is 12.3. The first-order valence-electron chi connectivity index (χ1n) is 9.28. The standard InChI is InChI=1S/C21H20FN3O3/c22-15-5-9-17(10-6-15)25-20(27)12-18(21(25)28)23-13-14-3-7-16(8-4-14)24-11-1-2-19(24)26/h3-10,18,23H,1-2,11-13H2/t18-/m0/s1. The second kappa shape index (κ2) is 7.52. The fourth-order valence-corrected chi connectivity index (χ4v) is 3.61. The number of nitrogens with zero attached hydrogens (tertiary/aromatic N) is 2. The fourth-order valence-electron chi connectivity index (χ4n) is 3.61. The van der Waals surface area contributed by atoms with E-state index in [1.807, 2.05) is 24.3 Å². The maximum Gasteiger partial charge on any atom is 0.251 e. The van der Waals surface area contributed by atoms with Crippen LogP contribution in [0.2, 0.25) is 0 Å². The van der Waals surface area contributed by atoms with Crippen LogP contribution >= 0.6 is 0 Å². The molecule has 2 fully saturated rings. The topological polar surface area (TPSA) is 69.7 Å². The number of halogens is 1. The van der Waals surface area contributed by atoms with Gasteiger partial charge in [-0.05, 0) is 48.4 Å². The number of benzene rings is 2. The Kier molecular flexibility index (Phi) is 4.92. The summed E-state index contributed by atoms with van der Waals surface area (Å²) in [5.41, 5.74) is 2.21. The van der Waals surface area contributed by atoms with Crippen molar-refractivity contribution in [3.05, 3.63) is 59.9 Å². The van der Waals surface area contributed by atoms with E-state index in [-0.39, 0.29) is 24.1 Å². The highest BCUT2D eigenvalue weighted by molar-refractivity contribution is 6.22. The Bertz CT molecular complexity index is 911. The monoisotopic (exact) mass is 381 g/mol. The zero-order chi connectivity index (χ0) is 19.7. The number of rotatable bonds is 5. The van der Waals surface area contributed by atoms with Gasteiger partial charge in [-0.3, -0.25) is 14.4 Å². The molecule has 0 spiro atoms. The molecule has 0 aromatic heterocycles. The number of anilines is 2. The fraction of sp³-hybridized carbons (Fsp3) is 0.286. The molecule has 2 aliphatic heterocycles. The lowest BCUT2D eigenvalue weighted by Gasteiger charge is -2.17. The molecule has 2 aliphatic rings. The lowest BCUT2D eigenvalue weighted by molar-refractivity contribution is -0.122. The van der Waals surface area contributed by atoms with Crippen LogP contribution in [0.1, 0.15) is 24.8 Å². The first-order valence-corrected chi connectivity index (χ1v) is 9.28. The van der Waals surface area contributed by atoms with Gasteiger partial charge >= 0.3 is 0 Å². The van der Waals surface area contributed by atoms with Crippen molar-refractivity contribution in [3.63, 3.8) is 0 Å². The van der Waals surface area contributed by atoms with Crippen LogP contribution in [-0.4, -0.2) is 30.3 Å². The summed E-state index contributed by atoms with van der Waals surface area (Å²) in [5, 5.41) is 3.12. The summed E-state index contributed by atoms with van der Waals surface area (Å²) in [6.45, 7) is 1.17. The molecule has 0 saturated carbocycles. The molecule has 0 unspecified atom stereocenters. The molecule has 2 aromatic rings. The first kappa shape index (κ1) is 18.3. The van der Waals surface area contributed by atoms with Gasteiger partial charge in [0.1, 0.15) is 5.82 Å². The average molecular weight is 381 g/mol. The quantitative estimate of drug-likeness (QED) is 0.808. The average Bonchev–Trinajstić information content (AvgIpc) is 3.24. The molecule has 3 amide bonds. The number of imide groups is 1. The molecule has 144 valence electrons. The van der Waals surface area contributed by atoms with E-state index < -0.39 is 11.9 Å². The van der Waals surface area contributed by atoms with E-state index in [9.17, 15) is 18.8 Å². The molecular weight excluding hydrogens is 361 g/mol. The van der Waals surface area contributed by atoms with Gasteiger partial charge in [0.05, 0.1) is 18.2 Å². The highest BCUT2D eigenvalue weighted by Gasteiger charge is 2.39. The van der Waals surface area contributed by atoms with Crippen molar-refractivity contribution < 1.29 is 18.8 Å². The lowest BCUT2D eigenvalue weighted by Crippen LogP contribution is -2.38. The smallest absolute Gasteiger partial charge is 0.251 e. The first-order chi connectivity index (χ1) is 13.5. The summed E-state index contributed by atoms with van der Waals surface area (Å²) in [4.78, 5) is 39.5. The molecule has 4 rings (SSSR count). The van der Waals surface area contributed by atoms with Crippen LogP contribution in [0.15, 0.2) is 48.5 Å². The Labute approximate surface area is 161 Å². The van der Waals surface area contributed by atoms with Crippen LogP contribution in [0, 0.1) is 5.82 Å². The van der Waals surface area contributed by atoms with Crippen molar-refractivity contribution in [2.75, 3.05) is 16.3 Å². The molecule has 6 nitrogen and oxygen atoms in total. The Morgan fingerprint density at radius 3 is 2.25 bits per heavy atom. The second-order valence-electron chi connectivity index (χ2n) is 7.00. The maximum atomic E-state index is 13.1. The second-order valence-corrected chi connectivity index (χ2v) is 7.00. The SMILES string of the molecule is O=C1CCCN1c1ccc(CN[C@H]2CC(=O)N(c3ccc(F)cc3)C2=O)cc1. The number of hydrogen-bond acceptors (Lipinski definition) is 4. The summed E-state index contributed by atoms with van der Waals surface area (Å²) >= 11 is 0. The number of amides is 3. The molecule has 2 aromatic carbocycles. The van der Waals surface area contributed by atoms with E-state index in [2.05, 4.69) is 5.32 Å². The highest BCUT2D eigenvalue weighted by atomic mass is 19.1. The van der Waals surface area contributed by atoms with Gasteiger partial charge < -0.3 is 10.2 Å². The zero-order valence-electron chi connectivity index (χ0n) is 15.2. The Hall–Kier alpha value is -3.06. The van der Waals surface area contributed by atoms with E-state index in [1.54, 1.807) is 4.90 Å². The summed E-state index contributed by atoms with van der Waals surface area (Å²) in [7, 11) is 0. The van der Waals surface area contributed by atoms with E-state index in [0.29, 0.717) is 18.7 Å². The van der Waals surface area contributed by atoms with Gasteiger partial charge in [-0.25, -0.2) is 9.29 Å². The minimum atomic E-state index is -0.614. The van der Waals surface area contributed by atoms with E-state index >= 15 is 0 Å². The van der Waals surface area contributed by atoms with E-state index in [0.717, 1.165) is 29.1 Å². The van der Waals surface area contributed by atoms with Crippen molar-refractivity contribution in [3.8, 4) is 0 Å². The van der Waals surface area contributed by atoms with Crippen LogP contribution in [0.25, 0.3) is 0 Å². The van der Waals surface area contributed by atoms with Gasteiger partial charge in [-0.1, -0.05) is 12.1 Å². The highest BCUT2D eigenvalue weighted by Crippen LogP contribution is 2.24. The molecule has 7 heteroatoms. The maximum absolute atomic E-state index is 13.1. The summed E-state index contributed by atoms with van der Waals surface area (Å²) < 4.78 is 13.1. The largest absolute Gasteiger partial charge is 0.312 e. The van der Waals surface area contributed by atoms with Crippen LogP contribution in [0.3, 0.4) is 0 Å². The number of nitrogens with one attached hydrogen (secondary N) is 1. The molecule has 2 saturated heterocycles. The summed E-state index contributed by atoms with van der Waals surface area (Å²) in [6.07, 6.45) is 1.53. The third-order valence-corrected chi connectivity index (χ3v) is 5.11. The third kappa shape index (κ3) is 3.53. The molecule has 0 bridgehead atoms. The Balaban J connectivity index is 1.38. The van der Waals surface area contributed by atoms with Gasteiger partial charge in [0.25, 0.3) is 5.91 Å². The Morgan fingerprint density at radius 1 is 0.929 bits per heavy atom. The molecular formula is C21H20FN3O3. The zero-order valence-corrected chi connectivity index (χ0v) is 15.2. The molecule has 28 heavy (non-hydrogen) atoms. The van der Waals surface area contributed by atoms with Crippen LogP contribution in [-0.2, 0) is 20.9 Å². The number of carbonyl (C=O) groups excluding carboxylic acids is 3. The normalized spacial score (nSPS) is 19.8. The van der Waals surface area contributed by atoms with E-state index in [4.69, 9.17) is 0 Å². The molecule has 2 heterocycles. The van der Waals surface area contributed by atoms with Crippen LogP contribution < -0.4 is 15.1 Å². The third-order valence-electron chi connectivity index (χ3n) is 5.11. The molecule has 0 aliphatic carbocycles. The van der Waals surface area contributed by atoms with Crippen molar-refractivity contribution in [2.45, 2.75) is 31.8 Å². The molecule has 0 radical (unpaired) electrons. The number of carbonyl (C=O) groups is 3. The van der Waals surface area contributed by atoms with Crippen molar-refractivity contribution in [2.24, 2.45) is 0 Å². The van der Waals surface area contributed by atoms with Gasteiger partial charge in [-0.2, -0.15) is 0 Å². The number of hydrogen-bond donors (Lipinski definition) is 1. The van der Waals surface area contributed by atoms with Crippen LogP contribution in [0.4, 0.5) is 15.8 Å².